The van der Waals surface area contributed by atoms with Gasteiger partial charge in [0, 0.05) is 34.7 Å². The molecule has 0 radical (unpaired) electrons. The van der Waals surface area contributed by atoms with Gasteiger partial charge >= 0.3 is 12.1 Å². The normalized spacial score (nSPS) is 17.1. The molecule has 4 rings (SSSR count). The maximum absolute atomic E-state index is 13.3. The van der Waals surface area contributed by atoms with E-state index >= 15 is 0 Å². The van der Waals surface area contributed by atoms with E-state index in [0.29, 0.717) is 60.3 Å². The summed E-state index contributed by atoms with van der Waals surface area (Å²) < 4.78 is 11.4. The zero-order valence-corrected chi connectivity index (χ0v) is 30.0. The van der Waals surface area contributed by atoms with Crippen molar-refractivity contribution in [3.8, 4) is 11.3 Å². The summed E-state index contributed by atoms with van der Waals surface area (Å²) in [5.41, 5.74) is 9.17. The number of rotatable bonds is 9. The largest absolute Gasteiger partial charge is 0.458 e. The highest BCUT2D eigenvalue weighted by atomic mass is 35.5. The topological polar surface area (TPSA) is 111 Å². The molecule has 2 heterocycles. The smallest absolute Gasteiger partial charge is 0.411 e. The number of hydrogen-bond donors (Lipinski definition) is 1. The van der Waals surface area contributed by atoms with Crippen molar-refractivity contribution in [3.63, 3.8) is 0 Å². The molecular formula is C36H47Cl2N5O4. The molecule has 2 aromatic carbocycles. The van der Waals surface area contributed by atoms with Gasteiger partial charge in [0.1, 0.15) is 23.1 Å². The van der Waals surface area contributed by atoms with Crippen LogP contribution in [0.5, 0.6) is 0 Å². The molecule has 3 aromatic rings. The second-order valence-corrected chi connectivity index (χ2v) is 14.8. The molecule has 1 amide bonds. The number of likely N-dealkylation sites (tertiary alicyclic amines) is 1. The number of nitrogen functional groups attached to an aromatic ring is 1. The van der Waals surface area contributed by atoms with Crippen LogP contribution in [0.4, 0.5) is 10.6 Å². The van der Waals surface area contributed by atoms with Crippen molar-refractivity contribution in [3.05, 3.63) is 75.5 Å². The molecule has 9 nitrogen and oxygen atoms in total. The number of carbonyl (C=O) groups excluding carboxylic acids is 2. The quantitative estimate of drug-likeness (QED) is 0.228. The van der Waals surface area contributed by atoms with Crippen molar-refractivity contribution < 1.29 is 19.1 Å². The molecule has 254 valence electrons. The van der Waals surface area contributed by atoms with Gasteiger partial charge in [-0.3, -0.25) is 9.80 Å². The van der Waals surface area contributed by atoms with Crippen molar-refractivity contribution >= 4 is 41.1 Å². The zero-order chi connectivity index (χ0) is 34.5. The van der Waals surface area contributed by atoms with E-state index in [0.717, 1.165) is 28.9 Å². The number of nitrogens with zero attached hydrogens (tertiary/aromatic N) is 4. The second kappa shape index (κ2) is 15.2. The summed E-state index contributed by atoms with van der Waals surface area (Å²) in [6.07, 6.45) is 3.52. The number of esters is 1. The molecule has 1 saturated heterocycles. The van der Waals surface area contributed by atoms with E-state index in [1.54, 1.807) is 6.20 Å². The molecule has 0 spiro atoms. The third-order valence-corrected chi connectivity index (χ3v) is 8.70. The molecule has 1 fully saturated rings. The highest BCUT2D eigenvalue weighted by Crippen LogP contribution is 2.29. The van der Waals surface area contributed by atoms with Crippen LogP contribution in [0, 0.1) is 0 Å². The molecule has 1 aliphatic heterocycles. The molecule has 47 heavy (non-hydrogen) atoms. The Morgan fingerprint density at radius 3 is 2.21 bits per heavy atom. The number of amides is 1. The standard InChI is InChI=1S/C36H47Cl2N5O4/c1-8-42(25-18-19-43(34(45)47-36(5,6)7)31(20-25)33(44)46-35(2,3)4)22-23-12-14-24(15-13-23)30-21-40-32(39)29(41-30)17-16-26-27(37)10-9-11-28(26)38/h9-15,21,25,31H,8,16-20,22H2,1-7H3,(H2,39,40)/t25?,31-/m1/s1. The Morgan fingerprint density at radius 1 is 0.979 bits per heavy atom. The number of anilines is 1. The van der Waals surface area contributed by atoms with Crippen LogP contribution in [0.25, 0.3) is 11.3 Å². The lowest BCUT2D eigenvalue weighted by Crippen LogP contribution is -2.56. The van der Waals surface area contributed by atoms with Gasteiger partial charge < -0.3 is 15.2 Å². The van der Waals surface area contributed by atoms with Crippen molar-refractivity contribution in [1.82, 2.24) is 19.8 Å². The van der Waals surface area contributed by atoms with Gasteiger partial charge in [0.15, 0.2) is 0 Å². The van der Waals surface area contributed by atoms with E-state index in [4.69, 9.17) is 43.4 Å². The van der Waals surface area contributed by atoms with Crippen molar-refractivity contribution in [1.29, 1.82) is 0 Å². The number of benzene rings is 2. The Bertz CT molecular complexity index is 1530. The number of carbonyl (C=O) groups is 2. The first-order chi connectivity index (χ1) is 22.0. The van der Waals surface area contributed by atoms with Gasteiger partial charge in [0.2, 0.25) is 0 Å². The first-order valence-electron chi connectivity index (χ1n) is 16.1. The molecule has 2 atom stereocenters. The van der Waals surface area contributed by atoms with Crippen molar-refractivity contribution in [2.45, 2.75) is 104 Å². The number of ether oxygens (including phenoxy) is 2. The minimum absolute atomic E-state index is 0.0769. The van der Waals surface area contributed by atoms with E-state index in [1.807, 2.05) is 71.9 Å². The van der Waals surface area contributed by atoms with Crippen LogP contribution in [0.3, 0.4) is 0 Å². The summed E-state index contributed by atoms with van der Waals surface area (Å²) in [7, 11) is 0. The number of hydrogen-bond acceptors (Lipinski definition) is 8. The maximum atomic E-state index is 13.3. The lowest BCUT2D eigenvalue weighted by atomic mass is 9.95. The average Bonchev–Trinajstić information content (AvgIpc) is 2.99. The lowest BCUT2D eigenvalue weighted by Gasteiger charge is -2.43. The molecule has 1 aliphatic rings. The zero-order valence-electron chi connectivity index (χ0n) is 28.5. The Morgan fingerprint density at radius 2 is 1.62 bits per heavy atom. The summed E-state index contributed by atoms with van der Waals surface area (Å²) in [5.74, 6) is -0.0260. The van der Waals surface area contributed by atoms with E-state index < -0.39 is 29.3 Å². The van der Waals surface area contributed by atoms with Crippen LogP contribution < -0.4 is 5.73 Å². The third kappa shape index (κ3) is 10.0. The van der Waals surface area contributed by atoms with Crippen LogP contribution in [-0.2, 0) is 33.7 Å². The number of aromatic nitrogens is 2. The Balaban J connectivity index is 1.46. The molecule has 0 aliphatic carbocycles. The highest BCUT2D eigenvalue weighted by Gasteiger charge is 2.41. The number of nitrogens with two attached hydrogens (primary N) is 1. The maximum Gasteiger partial charge on any atom is 0.411 e. The summed E-state index contributed by atoms with van der Waals surface area (Å²) in [4.78, 5) is 39.6. The predicted molar refractivity (Wildman–Crippen MR) is 187 cm³/mol. The second-order valence-electron chi connectivity index (χ2n) is 13.9. The van der Waals surface area contributed by atoms with Crippen LogP contribution in [0.15, 0.2) is 48.7 Å². The Labute approximate surface area is 288 Å². The van der Waals surface area contributed by atoms with Gasteiger partial charge in [-0.2, -0.15) is 0 Å². The molecule has 1 aromatic heterocycles. The van der Waals surface area contributed by atoms with Gasteiger partial charge in [-0.05, 0) is 97.0 Å². The third-order valence-electron chi connectivity index (χ3n) is 7.99. The van der Waals surface area contributed by atoms with Crippen LogP contribution in [-0.4, -0.2) is 68.2 Å². The summed E-state index contributed by atoms with van der Waals surface area (Å²) in [6.45, 7) is 14.9. The predicted octanol–water partition coefficient (Wildman–Crippen LogP) is 7.75. The van der Waals surface area contributed by atoms with Gasteiger partial charge in [-0.1, -0.05) is 60.5 Å². The first kappa shape index (κ1) is 36.4. The fraction of sp³-hybridized carbons (Fsp3) is 0.500. The summed E-state index contributed by atoms with van der Waals surface area (Å²) >= 11 is 12.7. The fourth-order valence-electron chi connectivity index (χ4n) is 5.70. The minimum atomic E-state index is -0.730. The highest BCUT2D eigenvalue weighted by molar-refractivity contribution is 6.36. The molecule has 0 bridgehead atoms. The minimum Gasteiger partial charge on any atom is -0.458 e. The first-order valence-corrected chi connectivity index (χ1v) is 16.9. The number of aryl methyl sites for hydroxylation is 1. The van der Waals surface area contributed by atoms with Crippen LogP contribution in [0.2, 0.25) is 10.0 Å². The van der Waals surface area contributed by atoms with Crippen molar-refractivity contribution in [2.75, 3.05) is 18.8 Å². The average molecular weight is 685 g/mol. The van der Waals surface area contributed by atoms with Gasteiger partial charge in [-0.15, -0.1) is 0 Å². The Hall–Kier alpha value is -3.40. The lowest BCUT2D eigenvalue weighted by molar-refractivity contribution is -0.163. The Kier molecular flexibility index (Phi) is 11.8. The van der Waals surface area contributed by atoms with Crippen LogP contribution >= 0.6 is 23.2 Å². The van der Waals surface area contributed by atoms with E-state index in [1.165, 1.54) is 4.90 Å². The molecule has 1 unspecified atom stereocenters. The van der Waals surface area contributed by atoms with Crippen molar-refractivity contribution in [2.24, 2.45) is 0 Å². The van der Waals surface area contributed by atoms with E-state index in [-0.39, 0.29) is 6.04 Å². The van der Waals surface area contributed by atoms with Crippen LogP contribution in [0.1, 0.15) is 78.1 Å². The molecule has 11 heteroatoms. The van der Waals surface area contributed by atoms with E-state index in [9.17, 15) is 9.59 Å². The van der Waals surface area contributed by atoms with Gasteiger partial charge in [-0.25, -0.2) is 19.6 Å². The fourth-order valence-corrected chi connectivity index (χ4v) is 6.29. The number of halogens is 2. The molecule has 2 N–H and O–H groups in total. The summed E-state index contributed by atoms with van der Waals surface area (Å²) in [5, 5.41) is 1.23. The number of piperidine rings is 1. The molecule has 0 saturated carbocycles. The van der Waals surface area contributed by atoms with Gasteiger partial charge in [0.25, 0.3) is 0 Å². The monoisotopic (exact) mass is 683 g/mol. The van der Waals surface area contributed by atoms with E-state index in [2.05, 4.69) is 28.9 Å². The van der Waals surface area contributed by atoms with Gasteiger partial charge in [0.05, 0.1) is 17.6 Å². The summed E-state index contributed by atoms with van der Waals surface area (Å²) in [6, 6.07) is 13.0. The SMILES string of the molecule is CCN(Cc1ccc(-c2cnc(N)c(CCc3c(Cl)cccc3Cl)n2)cc1)C1CCN(C(=O)OC(C)(C)C)[C@@H](C(=O)OC(C)(C)C)C1. The molecular weight excluding hydrogens is 637 g/mol.